The molecule has 0 spiro atoms. The zero-order valence-corrected chi connectivity index (χ0v) is 11.6. The van der Waals surface area contributed by atoms with Crippen LogP contribution in [0.15, 0.2) is 18.7 Å². The molecule has 1 aliphatic rings. The average molecular weight is 266 g/mol. The van der Waals surface area contributed by atoms with Gasteiger partial charge in [-0.05, 0) is 32.9 Å². The molecule has 2 rings (SSSR count). The van der Waals surface area contributed by atoms with Gasteiger partial charge in [-0.15, -0.1) is 0 Å². The van der Waals surface area contributed by atoms with Crippen molar-refractivity contribution in [3.05, 3.63) is 18.7 Å². The van der Waals surface area contributed by atoms with Crippen LogP contribution in [0.25, 0.3) is 0 Å². The van der Waals surface area contributed by atoms with Crippen molar-refractivity contribution in [1.29, 1.82) is 0 Å². The van der Waals surface area contributed by atoms with Crippen molar-refractivity contribution in [1.82, 2.24) is 20.2 Å². The van der Waals surface area contributed by atoms with Crippen molar-refractivity contribution in [2.24, 2.45) is 0 Å². The van der Waals surface area contributed by atoms with Crippen molar-refractivity contribution in [2.75, 3.05) is 20.2 Å². The largest absolute Gasteiger partial charge is 0.368 e. The van der Waals surface area contributed by atoms with Crippen LogP contribution in [0.4, 0.5) is 0 Å². The maximum absolute atomic E-state index is 12.4. The van der Waals surface area contributed by atoms with E-state index in [2.05, 4.69) is 15.6 Å². The lowest BCUT2D eigenvalue weighted by Crippen LogP contribution is -2.56. The minimum atomic E-state index is -0.672. The molecule has 1 atom stereocenters. The molecule has 0 radical (unpaired) electrons. The number of methoxy groups -OCH3 is 1. The molecule has 6 heteroatoms. The number of rotatable bonds is 5. The van der Waals surface area contributed by atoms with Gasteiger partial charge in [0.2, 0.25) is 0 Å². The van der Waals surface area contributed by atoms with Gasteiger partial charge in [0.25, 0.3) is 5.91 Å². The summed E-state index contributed by atoms with van der Waals surface area (Å²) >= 11 is 0. The predicted octanol–water partition coefficient (Wildman–Crippen LogP) is 0.156. The Bertz CT molecular complexity index is 399. The van der Waals surface area contributed by atoms with Gasteiger partial charge in [0.05, 0.1) is 6.33 Å². The van der Waals surface area contributed by atoms with Crippen LogP contribution in [-0.4, -0.2) is 47.3 Å². The molecule has 1 unspecified atom stereocenters. The van der Waals surface area contributed by atoms with Crippen LogP contribution in [0.5, 0.6) is 0 Å². The summed E-state index contributed by atoms with van der Waals surface area (Å²) in [5, 5.41) is 6.29. The molecular weight excluding hydrogens is 244 g/mol. The van der Waals surface area contributed by atoms with Gasteiger partial charge < -0.3 is 19.9 Å². The van der Waals surface area contributed by atoms with E-state index in [4.69, 9.17) is 4.74 Å². The number of hydrogen-bond acceptors (Lipinski definition) is 4. The molecular formula is C13H22N4O2. The Morgan fingerprint density at radius 1 is 1.58 bits per heavy atom. The number of ether oxygens (including phenoxy) is 1. The third-order valence-electron chi connectivity index (χ3n) is 3.64. The third kappa shape index (κ3) is 3.33. The Kier molecular flexibility index (Phi) is 4.55. The van der Waals surface area contributed by atoms with Crippen LogP contribution < -0.4 is 10.6 Å². The highest BCUT2D eigenvalue weighted by Crippen LogP contribution is 2.22. The first-order valence-electron chi connectivity index (χ1n) is 6.69. The summed E-state index contributed by atoms with van der Waals surface area (Å²) in [7, 11) is 1.62. The lowest BCUT2D eigenvalue weighted by atomic mass is 9.91. The molecule has 2 heterocycles. The van der Waals surface area contributed by atoms with Crippen molar-refractivity contribution < 1.29 is 9.53 Å². The zero-order chi connectivity index (χ0) is 13.7. The van der Waals surface area contributed by atoms with E-state index in [1.54, 1.807) is 19.6 Å². The minimum absolute atomic E-state index is 0.0101. The Labute approximate surface area is 113 Å². The minimum Gasteiger partial charge on any atom is -0.368 e. The Morgan fingerprint density at radius 3 is 2.89 bits per heavy atom. The van der Waals surface area contributed by atoms with Gasteiger partial charge in [-0.1, -0.05) is 0 Å². The maximum Gasteiger partial charge on any atom is 0.252 e. The quantitative estimate of drug-likeness (QED) is 0.796. The Morgan fingerprint density at radius 2 is 2.32 bits per heavy atom. The second kappa shape index (κ2) is 6.16. The van der Waals surface area contributed by atoms with Gasteiger partial charge in [-0.2, -0.15) is 0 Å². The number of piperidine rings is 1. The number of nitrogens with one attached hydrogen (secondary N) is 2. The molecule has 1 saturated heterocycles. The normalized spacial score (nSPS) is 19.9. The van der Waals surface area contributed by atoms with E-state index in [1.165, 1.54) is 0 Å². The van der Waals surface area contributed by atoms with E-state index < -0.39 is 5.60 Å². The summed E-state index contributed by atoms with van der Waals surface area (Å²) in [6.07, 6.45) is 6.80. The van der Waals surface area contributed by atoms with Gasteiger partial charge in [-0.25, -0.2) is 4.98 Å². The number of aromatic nitrogens is 2. The van der Waals surface area contributed by atoms with Crippen LogP contribution in [0, 0.1) is 0 Å². The van der Waals surface area contributed by atoms with Crippen molar-refractivity contribution in [2.45, 2.75) is 38.0 Å². The van der Waals surface area contributed by atoms with Crippen LogP contribution >= 0.6 is 0 Å². The molecule has 1 amide bonds. The van der Waals surface area contributed by atoms with Crippen molar-refractivity contribution in [3.63, 3.8) is 0 Å². The molecule has 0 bridgehead atoms. The van der Waals surface area contributed by atoms with E-state index in [-0.39, 0.29) is 11.9 Å². The number of imidazole rings is 1. The number of carbonyl (C=O) groups is 1. The molecule has 1 aliphatic heterocycles. The van der Waals surface area contributed by atoms with Crippen LogP contribution in [0.1, 0.15) is 19.8 Å². The molecule has 106 valence electrons. The molecule has 0 aromatic carbocycles. The maximum atomic E-state index is 12.4. The first-order valence-corrected chi connectivity index (χ1v) is 6.69. The molecule has 0 saturated carbocycles. The first-order chi connectivity index (χ1) is 9.16. The number of nitrogens with zero attached hydrogens (tertiary/aromatic N) is 2. The fourth-order valence-corrected chi connectivity index (χ4v) is 2.47. The molecule has 0 aliphatic carbocycles. The lowest BCUT2D eigenvalue weighted by Gasteiger charge is -2.35. The summed E-state index contributed by atoms with van der Waals surface area (Å²) in [6.45, 7) is 4.33. The number of hydrogen-bond donors (Lipinski definition) is 2. The van der Waals surface area contributed by atoms with Gasteiger partial charge >= 0.3 is 0 Å². The molecule has 1 aromatic heterocycles. The molecule has 6 nitrogen and oxygen atoms in total. The van der Waals surface area contributed by atoms with Gasteiger partial charge in [0, 0.05) is 32.1 Å². The van der Waals surface area contributed by atoms with Crippen molar-refractivity contribution in [3.8, 4) is 0 Å². The fraction of sp³-hybridized carbons (Fsp3) is 0.692. The summed E-state index contributed by atoms with van der Waals surface area (Å²) in [5.74, 6) is -0.0101. The lowest BCUT2D eigenvalue weighted by molar-refractivity contribution is -0.147. The van der Waals surface area contributed by atoms with Crippen molar-refractivity contribution >= 4 is 5.91 Å². The highest BCUT2D eigenvalue weighted by atomic mass is 16.5. The predicted molar refractivity (Wildman–Crippen MR) is 71.7 cm³/mol. The first kappa shape index (κ1) is 14.0. The standard InChI is InChI=1S/C13H22N4O2/c1-11(9-17-8-7-15-10-17)16-12(18)13(19-2)3-5-14-6-4-13/h7-8,10-11,14H,3-6,9H2,1-2H3,(H,16,18). The zero-order valence-electron chi connectivity index (χ0n) is 11.6. The van der Waals surface area contributed by atoms with Gasteiger partial charge in [0.1, 0.15) is 5.60 Å². The van der Waals surface area contributed by atoms with E-state index in [9.17, 15) is 4.79 Å². The second-order valence-corrected chi connectivity index (χ2v) is 5.08. The number of carbonyl (C=O) groups excluding carboxylic acids is 1. The highest BCUT2D eigenvalue weighted by Gasteiger charge is 2.39. The Hall–Kier alpha value is -1.40. The summed E-state index contributed by atoms with van der Waals surface area (Å²) in [6, 6.07) is 0.0450. The topological polar surface area (TPSA) is 68.2 Å². The highest BCUT2D eigenvalue weighted by molar-refractivity contribution is 5.85. The number of amides is 1. The Balaban J connectivity index is 1.91. The van der Waals surface area contributed by atoms with Crippen LogP contribution in [0.2, 0.25) is 0 Å². The third-order valence-corrected chi connectivity index (χ3v) is 3.64. The van der Waals surface area contributed by atoms with Crippen LogP contribution in [-0.2, 0) is 16.1 Å². The monoisotopic (exact) mass is 266 g/mol. The second-order valence-electron chi connectivity index (χ2n) is 5.08. The molecule has 1 fully saturated rings. The summed E-state index contributed by atoms with van der Waals surface area (Å²) in [5.41, 5.74) is -0.672. The van der Waals surface area contributed by atoms with E-state index in [1.807, 2.05) is 17.7 Å². The van der Waals surface area contributed by atoms with Gasteiger partial charge in [0.15, 0.2) is 0 Å². The average Bonchev–Trinajstić information content (AvgIpc) is 2.92. The van der Waals surface area contributed by atoms with E-state index in [0.29, 0.717) is 19.4 Å². The summed E-state index contributed by atoms with van der Waals surface area (Å²) in [4.78, 5) is 16.4. The fourth-order valence-electron chi connectivity index (χ4n) is 2.47. The van der Waals surface area contributed by atoms with Crippen LogP contribution in [0.3, 0.4) is 0 Å². The summed E-state index contributed by atoms with van der Waals surface area (Å²) < 4.78 is 7.46. The van der Waals surface area contributed by atoms with Gasteiger partial charge in [-0.3, -0.25) is 4.79 Å². The molecule has 2 N–H and O–H groups in total. The SMILES string of the molecule is COC1(C(=O)NC(C)Cn2ccnc2)CCNCC1. The molecule has 19 heavy (non-hydrogen) atoms. The smallest absolute Gasteiger partial charge is 0.252 e. The molecule has 1 aromatic rings. The van der Waals surface area contributed by atoms with E-state index >= 15 is 0 Å². The van der Waals surface area contributed by atoms with E-state index in [0.717, 1.165) is 13.1 Å².